The molecule has 4 aromatic rings. The summed E-state index contributed by atoms with van der Waals surface area (Å²) in [5.74, 6) is -1.30. The SMILES string of the molecule is OC(Cn1cnnn1)(c1ccc(F)cc1F)C(F)(F)c1ccc(C#CCc2ccc(F)cc2)cn1. The van der Waals surface area contributed by atoms with Crippen LogP contribution in [0.5, 0.6) is 0 Å². The average molecular weight is 485 g/mol. The number of hydrogen-bond acceptors (Lipinski definition) is 5. The van der Waals surface area contributed by atoms with Crippen molar-refractivity contribution >= 4 is 0 Å². The van der Waals surface area contributed by atoms with Gasteiger partial charge in [-0.25, -0.2) is 17.9 Å². The zero-order valence-electron chi connectivity index (χ0n) is 17.8. The summed E-state index contributed by atoms with van der Waals surface area (Å²) in [6, 6.07) is 9.86. The Balaban J connectivity index is 1.64. The molecule has 0 radical (unpaired) electrons. The third-order valence-electron chi connectivity index (χ3n) is 5.20. The number of aliphatic hydroxyl groups is 1. The van der Waals surface area contributed by atoms with E-state index >= 15 is 8.78 Å². The summed E-state index contributed by atoms with van der Waals surface area (Å²) in [6.07, 6.45) is 2.35. The third kappa shape index (κ3) is 5.02. The molecule has 2 aromatic heterocycles. The summed E-state index contributed by atoms with van der Waals surface area (Å²) < 4.78 is 73.1. The fourth-order valence-electron chi connectivity index (χ4n) is 3.38. The number of benzene rings is 2. The number of rotatable bonds is 6. The lowest BCUT2D eigenvalue weighted by Gasteiger charge is -2.35. The lowest BCUT2D eigenvalue weighted by atomic mass is 9.84. The summed E-state index contributed by atoms with van der Waals surface area (Å²) in [5.41, 5.74) is -3.87. The van der Waals surface area contributed by atoms with Gasteiger partial charge in [0, 0.05) is 29.8 Å². The first-order valence-corrected chi connectivity index (χ1v) is 10.2. The van der Waals surface area contributed by atoms with Crippen LogP contribution in [0.25, 0.3) is 0 Å². The quantitative estimate of drug-likeness (QED) is 0.333. The number of pyridine rings is 1. The summed E-state index contributed by atoms with van der Waals surface area (Å²) in [7, 11) is 0. The van der Waals surface area contributed by atoms with Crippen LogP contribution in [0, 0.1) is 29.3 Å². The molecule has 0 spiro atoms. The van der Waals surface area contributed by atoms with E-state index in [9.17, 15) is 18.3 Å². The van der Waals surface area contributed by atoms with E-state index in [1.54, 1.807) is 12.1 Å². The topological polar surface area (TPSA) is 76.7 Å². The highest BCUT2D eigenvalue weighted by molar-refractivity contribution is 5.37. The van der Waals surface area contributed by atoms with Crippen LogP contribution in [0.3, 0.4) is 0 Å². The molecule has 2 aromatic carbocycles. The molecule has 0 aliphatic carbocycles. The number of tetrazole rings is 1. The van der Waals surface area contributed by atoms with Crippen molar-refractivity contribution in [2.45, 2.75) is 24.5 Å². The van der Waals surface area contributed by atoms with Crippen molar-refractivity contribution in [2.24, 2.45) is 0 Å². The number of halogens is 5. The van der Waals surface area contributed by atoms with E-state index in [4.69, 9.17) is 0 Å². The van der Waals surface area contributed by atoms with Gasteiger partial charge in [0.15, 0.2) is 5.60 Å². The molecule has 0 amide bonds. The van der Waals surface area contributed by atoms with E-state index in [1.807, 2.05) is 0 Å². The maximum Gasteiger partial charge on any atom is 0.323 e. The Morgan fingerprint density at radius 3 is 2.31 bits per heavy atom. The zero-order valence-corrected chi connectivity index (χ0v) is 17.8. The first kappa shape index (κ1) is 24.0. The summed E-state index contributed by atoms with van der Waals surface area (Å²) in [6.45, 7) is -0.948. The second kappa shape index (κ2) is 9.60. The lowest BCUT2D eigenvalue weighted by Crippen LogP contribution is -2.48. The van der Waals surface area contributed by atoms with Gasteiger partial charge in [0.25, 0.3) is 0 Å². The monoisotopic (exact) mass is 485 g/mol. The Kier molecular flexibility index (Phi) is 6.57. The van der Waals surface area contributed by atoms with Crippen LogP contribution in [0.1, 0.15) is 22.4 Å². The number of alkyl halides is 2. The standard InChI is InChI=1S/C24H16F5N5O/c25-18-7-4-16(5-8-18)2-1-3-17-6-11-22(30-13-17)24(28,29)23(35,14-34-15-31-32-33-34)20-10-9-19(26)12-21(20)27/h4-13,15,35H,2,14H2. The Morgan fingerprint density at radius 1 is 0.943 bits per heavy atom. The lowest BCUT2D eigenvalue weighted by molar-refractivity contribution is -0.207. The maximum atomic E-state index is 15.7. The molecule has 0 aliphatic rings. The van der Waals surface area contributed by atoms with Crippen molar-refractivity contribution in [3.05, 3.63) is 107 Å². The molecule has 6 nitrogen and oxygen atoms in total. The van der Waals surface area contributed by atoms with Gasteiger partial charge in [-0.15, -0.1) is 5.10 Å². The molecule has 1 N–H and O–H groups in total. The minimum Gasteiger partial charge on any atom is -0.377 e. The van der Waals surface area contributed by atoms with Crippen LogP contribution >= 0.6 is 0 Å². The Bertz CT molecular complexity index is 1370. The molecular weight excluding hydrogens is 469 g/mol. The van der Waals surface area contributed by atoms with Crippen LogP contribution in [-0.4, -0.2) is 30.3 Å². The predicted octanol–water partition coefficient (Wildman–Crippen LogP) is 3.76. The molecule has 4 rings (SSSR count). The van der Waals surface area contributed by atoms with Crippen molar-refractivity contribution in [3.8, 4) is 11.8 Å². The van der Waals surface area contributed by atoms with E-state index in [-0.39, 0.29) is 5.82 Å². The van der Waals surface area contributed by atoms with Crippen molar-refractivity contribution in [1.29, 1.82) is 0 Å². The van der Waals surface area contributed by atoms with E-state index in [1.165, 1.54) is 18.2 Å². The van der Waals surface area contributed by atoms with Crippen LogP contribution in [0.4, 0.5) is 22.0 Å². The number of aromatic nitrogens is 5. The van der Waals surface area contributed by atoms with Crippen molar-refractivity contribution < 1.29 is 27.1 Å². The van der Waals surface area contributed by atoms with Gasteiger partial charge in [0.05, 0.1) is 6.54 Å². The van der Waals surface area contributed by atoms with E-state index in [0.717, 1.165) is 41.0 Å². The molecular formula is C24H16F5N5O. The molecule has 35 heavy (non-hydrogen) atoms. The van der Waals surface area contributed by atoms with Crippen LogP contribution < -0.4 is 0 Å². The normalized spacial score (nSPS) is 13.1. The highest BCUT2D eigenvalue weighted by Gasteiger charge is 2.57. The van der Waals surface area contributed by atoms with Gasteiger partial charge in [-0.05, 0) is 52.4 Å². The second-order valence-electron chi connectivity index (χ2n) is 7.60. The van der Waals surface area contributed by atoms with Crippen LogP contribution in [0.2, 0.25) is 0 Å². The minimum absolute atomic E-state index is 0.299. The molecule has 2 heterocycles. The molecule has 1 atom stereocenters. The fourth-order valence-corrected chi connectivity index (χ4v) is 3.38. The number of nitrogens with zero attached hydrogens (tertiary/aromatic N) is 5. The minimum atomic E-state index is -4.16. The molecule has 1 unspecified atom stereocenters. The molecule has 0 saturated heterocycles. The van der Waals surface area contributed by atoms with Gasteiger partial charge in [0.1, 0.15) is 29.5 Å². The van der Waals surface area contributed by atoms with Gasteiger partial charge < -0.3 is 5.11 Å². The van der Waals surface area contributed by atoms with E-state index < -0.39 is 41.0 Å². The van der Waals surface area contributed by atoms with Gasteiger partial charge in [-0.3, -0.25) is 4.98 Å². The smallest absolute Gasteiger partial charge is 0.323 e. The molecule has 178 valence electrons. The fraction of sp³-hybridized carbons (Fsp3) is 0.167. The Labute approximate surface area is 196 Å². The van der Waals surface area contributed by atoms with Crippen molar-refractivity contribution in [3.63, 3.8) is 0 Å². The van der Waals surface area contributed by atoms with Crippen molar-refractivity contribution in [2.75, 3.05) is 0 Å². The second-order valence-corrected chi connectivity index (χ2v) is 7.60. The Morgan fingerprint density at radius 2 is 1.69 bits per heavy atom. The average Bonchev–Trinajstić information content (AvgIpc) is 3.33. The molecule has 0 aliphatic heterocycles. The molecule has 0 fully saturated rings. The maximum absolute atomic E-state index is 15.7. The van der Waals surface area contributed by atoms with E-state index in [0.29, 0.717) is 18.1 Å². The third-order valence-corrected chi connectivity index (χ3v) is 5.20. The van der Waals surface area contributed by atoms with Gasteiger partial charge in [-0.2, -0.15) is 8.78 Å². The van der Waals surface area contributed by atoms with Gasteiger partial charge >= 0.3 is 5.92 Å². The van der Waals surface area contributed by atoms with Crippen molar-refractivity contribution in [1.82, 2.24) is 25.2 Å². The van der Waals surface area contributed by atoms with Crippen LogP contribution in [0.15, 0.2) is 67.1 Å². The highest BCUT2D eigenvalue weighted by atomic mass is 19.3. The predicted molar refractivity (Wildman–Crippen MR) is 113 cm³/mol. The van der Waals surface area contributed by atoms with Gasteiger partial charge in [-0.1, -0.05) is 24.0 Å². The van der Waals surface area contributed by atoms with Gasteiger partial charge in [0.2, 0.25) is 0 Å². The van der Waals surface area contributed by atoms with Crippen LogP contribution in [-0.2, 0) is 24.5 Å². The highest BCUT2D eigenvalue weighted by Crippen LogP contribution is 2.46. The summed E-state index contributed by atoms with van der Waals surface area (Å²) >= 11 is 0. The zero-order chi connectivity index (χ0) is 25.1. The first-order chi connectivity index (χ1) is 16.7. The largest absolute Gasteiger partial charge is 0.377 e. The molecule has 0 bridgehead atoms. The number of hydrogen-bond donors (Lipinski definition) is 1. The first-order valence-electron chi connectivity index (χ1n) is 10.2. The Hall–Kier alpha value is -4.17. The molecule has 0 saturated carbocycles. The summed E-state index contributed by atoms with van der Waals surface area (Å²) in [4.78, 5) is 3.74. The molecule has 11 heteroatoms. The summed E-state index contributed by atoms with van der Waals surface area (Å²) in [5, 5.41) is 21.3. The van der Waals surface area contributed by atoms with E-state index in [2.05, 4.69) is 32.4 Å².